The smallest absolute Gasteiger partial charge is 0.163 e. The lowest BCUT2D eigenvalue weighted by Crippen LogP contribution is -2.25. The SMILES string of the molecule is CC(=O)c1ccc(-n2c([Si]C(C)C)cc3nc4ccccc4nc32)cc1. The second-order valence-electron chi connectivity index (χ2n) is 6.69. The van der Waals surface area contributed by atoms with Crippen LogP contribution in [0.1, 0.15) is 31.1 Å². The van der Waals surface area contributed by atoms with Crippen LogP contribution < -0.4 is 5.32 Å². The minimum absolute atomic E-state index is 0.0731. The van der Waals surface area contributed by atoms with Crippen molar-refractivity contribution in [2.45, 2.75) is 26.3 Å². The summed E-state index contributed by atoms with van der Waals surface area (Å²) in [6.45, 7) is 6.02. The fourth-order valence-corrected chi connectivity index (χ4v) is 4.26. The predicted octanol–water partition coefficient (Wildman–Crippen LogP) is 3.93. The first-order valence-corrected chi connectivity index (χ1v) is 9.77. The number of rotatable bonds is 4. The van der Waals surface area contributed by atoms with Gasteiger partial charge in [-0.05, 0) is 54.9 Å². The minimum Gasteiger partial charge on any atom is -0.302 e. The molecule has 0 spiro atoms. The highest BCUT2D eigenvalue weighted by atomic mass is 28.2. The largest absolute Gasteiger partial charge is 0.302 e. The Balaban J connectivity index is 1.97. The molecule has 0 aliphatic carbocycles. The van der Waals surface area contributed by atoms with Crippen LogP contribution in [0.15, 0.2) is 54.6 Å². The Morgan fingerprint density at radius 3 is 2.23 bits per heavy atom. The van der Waals surface area contributed by atoms with Gasteiger partial charge < -0.3 is 4.57 Å². The van der Waals surface area contributed by atoms with Crippen LogP contribution in [0, 0.1) is 0 Å². The summed E-state index contributed by atoms with van der Waals surface area (Å²) in [7, 11) is 0.652. The molecule has 5 heteroatoms. The van der Waals surface area contributed by atoms with E-state index in [1.807, 2.05) is 48.5 Å². The zero-order valence-corrected chi connectivity index (χ0v) is 16.0. The second kappa shape index (κ2) is 6.50. The number of carbonyl (C=O) groups is 1. The van der Waals surface area contributed by atoms with Gasteiger partial charge in [0, 0.05) is 16.6 Å². The van der Waals surface area contributed by atoms with E-state index in [9.17, 15) is 4.79 Å². The van der Waals surface area contributed by atoms with Crippen molar-refractivity contribution < 1.29 is 4.79 Å². The monoisotopic (exact) mass is 357 g/mol. The van der Waals surface area contributed by atoms with Crippen molar-refractivity contribution in [1.82, 2.24) is 14.5 Å². The van der Waals surface area contributed by atoms with E-state index in [1.165, 1.54) is 5.32 Å². The molecule has 2 aromatic heterocycles. The molecule has 0 unspecified atom stereocenters. The molecule has 128 valence electrons. The molecule has 0 atom stereocenters. The van der Waals surface area contributed by atoms with E-state index in [0.717, 1.165) is 33.4 Å². The standard InChI is InChI=1S/C21H19N3OSi/c1-13(2)26-20-12-19-21(23-18-7-5-4-6-17(18)22-19)24(20)16-10-8-15(9-11-16)14(3)25/h4-13H,1-3H3. The molecule has 0 aliphatic heterocycles. The van der Waals surface area contributed by atoms with Gasteiger partial charge in [0.15, 0.2) is 11.4 Å². The highest BCUT2D eigenvalue weighted by Crippen LogP contribution is 2.21. The fourth-order valence-electron chi connectivity index (χ4n) is 3.08. The molecule has 0 amide bonds. The van der Waals surface area contributed by atoms with Crippen LogP contribution in [-0.2, 0) is 0 Å². The molecule has 0 saturated carbocycles. The first-order valence-electron chi connectivity index (χ1n) is 8.69. The zero-order valence-electron chi connectivity index (χ0n) is 15.0. The summed E-state index contributed by atoms with van der Waals surface area (Å²) in [6.07, 6.45) is 0. The number of ketones is 1. The van der Waals surface area contributed by atoms with Crippen LogP contribution in [0.5, 0.6) is 0 Å². The molecule has 0 aliphatic rings. The summed E-state index contributed by atoms with van der Waals surface area (Å²) in [5, 5.41) is 1.21. The van der Waals surface area contributed by atoms with Crippen LogP contribution in [-0.4, -0.2) is 29.8 Å². The first-order chi connectivity index (χ1) is 12.5. The molecule has 26 heavy (non-hydrogen) atoms. The molecule has 2 aromatic carbocycles. The average molecular weight is 357 g/mol. The Hall–Kier alpha value is -2.79. The van der Waals surface area contributed by atoms with Crippen molar-refractivity contribution >= 4 is 42.8 Å². The van der Waals surface area contributed by atoms with Gasteiger partial charge in [0.25, 0.3) is 0 Å². The van der Waals surface area contributed by atoms with Gasteiger partial charge in [-0.25, -0.2) is 9.97 Å². The van der Waals surface area contributed by atoms with Crippen molar-refractivity contribution in [3.8, 4) is 5.69 Å². The molecule has 4 rings (SSSR count). The van der Waals surface area contributed by atoms with Gasteiger partial charge >= 0.3 is 0 Å². The molecular weight excluding hydrogens is 338 g/mol. The van der Waals surface area contributed by atoms with E-state index >= 15 is 0 Å². The highest BCUT2D eigenvalue weighted by molar-refractivity contribution is 6.54. The van der Waals surface area contributed by atoms with Gasteiger partial charge in [0.1, 0.15) is 15.0 Å². The number of fused-ring (bicyclic) bond motifs is 2. The maximum absolute atomic E-state index is 11.6. The topological polar surface area (TPSA) is 47.8 Å². The van der Waals surface area contributed by atoms with Gasteiger partial charge in [-0.3, -0.25) is 4.79 Å². The number of hydrogen-bond acceptors (Lipinski definition) is 3. The van der Waals surface area contributed by atoms with Gasteiger partial charge in [-0.2, -0.15) is 0 Å². The Bertz CT molecular complexity index is 1110. The van der Waals surface area contributed by atoms with Crippen LogP contribution in [0.3, 0.4) is 0 Å². The molecule has 0 N–H and O–H groups in total. The van der Waals surface area contributed by atoms with Crippen LogP contribution in [0.25, 0.3) is 27.9 Å². The summed E-state index contributed by atoms with van der Waals surface area (Å²) >= 11 is 0. The lowest BCUT2D eigenvalue weighted by atomic mass is 10.1. The number of para-hydroxylation sites is 2. The Labute approximate surface area is 154 Å². The third kappa shape index (κ3) is 2.95. The second-order valence-corrected chi connectivity index (χ2v) is 8.64. The molecule has 0 fully saturated rings. The summed E-state index contributed by atoms with van der Waals surface area (Å²) in [5.74, 6) is 0.0731. The molecule has 4 nitrogen and oxygen atoms in total. The predicted molar refractivity (Wildman–Crippen MR) is 107 cm³/mol. The van der Waals surface area contributed by atoms with Crippen molar-refractivity contribution in [2.24, 2.45) is 0 Å². The van der Waals surface area contributed by atoms with Crippen molar-refractivity contribution in [1.29, 1.82) is 0 Å². The van der Waals surface area contributed by atoms with Crippen molar-refractivity contribution in [2.75, 3.05) is 0 Å². The van der Waals surface area contributed by atoms with E-state index in [4.69, 9.17) is 9.97 Å². The van der Waals surface area contributed by atoms with Crippen molar-refractivity contribution in [3.63, 3.8) is 0 Å². The van der Waals surface area contributed by atoms with E-state index in [1.54, 1.807) is 6.92 Å². The average Bonchev–Trinajstić information content (AvgIpc) is 2.95. The number of nitrogens with zero attached hydrogens (tertiary/aromatic N) is 3. The lowest BCUT2D eigenvalue weighted by Gasteiger charge is -2.12. The number of hydrogen-bond donors (Lipinski definition) is 0. The molecule has 0 bridgehead atoms. The summed E-state index contributed by atoms with van der Waals surface area (Å²) < 4.78 is 2.18. The Morgan fingerprint density at radius 2 is 1.62 bits per heavy atom. The fraction of sp³-hybridized carbons (Fsp3) is 0.190. The van der Waals surface area contributed by atoms with Crippen molar-refractivity contribution in [3.05, 3.63) is 60.2 Å². The number of Topliss-reactive ketones (excluding diaryl/α,β-unsaturated/α-hetero) is 1. The first kappa shape index (κ1) is 16.7. The zero-order chi connectivity index (χ0) is 18.3. The molecule has 0 saturated heterocycles. The summed E-state index contributed by atoms with van der Waals surface area (Å²) in [6, 6.07) is 17.8. The van der Waals surface area contributed by atoms with E-state index in [-0.39, 0.29) is 5.78 Å². The molecule has 2 radical (unpaired) electrons. The molecule has 4 aromatic rings. The number of aromatic nitrogens is 3. The van der Waals surface area contributed by atoms with E-state index < -0.39 is 0 Å². The maximum Gasteiger partial charge on any atom is 0.163 e. The lowest BCUT2D eigenvalue weighted by molar-refractivity contribution is 0.101. The third-order valence-electron chi connectivity index (χ3n) is 4.27. The van der Waals surface area contributed by atoms with Gasteiger partial charge in [0.2, 0.25) is 0 Å². The van der Waals surface area contributed by atoms with E-state index in [0.29, 0.717) is 15.1 Å². The van der Waals surface area contributed by atoms with Gasteiger partial charge in [-0.1, -0.05) is 26.0 Å². The minimum atomic E-state index is 0.0731. The maximum atomic E-state index is 11.6. The number of carbonyl (C=O) groups excluding carboxylic acids is 1. The van der Waals surface area contributed by atoms with Gasteiger partial charge in [0.05, 0.1) is 11.0 Å². The summed E-state index contributed by atoms with van der Waals surface area (Å²) in [5.41, 5.74) is 5.84. The normalized spacial score (nSPS) is 11.5. The summed E-state index contributed by atoms with van der Waals surface area (Å²) in [4.78, 5) is 21.3. The van der Waals surface area contributed by atoms with Crippen LogP contribution >= 0.6 is 0 Å². The van der Waals surface area contributed by atoms with Gasteiger partial charge in [-0.15, -0.1) is 0 Å². The highest BCUT2D eigenvalue weighted by Gasteiger charge is 2.16. The molecular formula is C21H19N3OSi. The molecule has 2 heterocycles. The van der Waals surface area contributed by atoms with E-state index in [2.05, 4.69) is 24.5 Å². The van der Waals surface area contributed by atoms with Crippen LogP contribution in [0.2, 0.25) is 5.54 Å². The Morgan fingerprint density at radius 1 is 0.962 bits per heavy atom. The Kier molecular flexibility index (Phi) is 4.16. The number of benzene rings is 2. The third-order valence-corrected chi connectivity index (χ3v) is 5.51. The quantitative estimate of drug-likeness (QED) is 0.411. The van der Waals surface area contributed by atoms with Crippen LogP contribution in [0.4, 0.5) is 0 Å².